The van der Waals surface area contributed by atoms with E-state index >= 15 is 0 Å². The minimum Gasteiger partial charge on any atom is -0.480 e. The number of hydrogen-bond acceptors (Lipinski definition) is 7. The van der Waals surface area contributed by atoms with E-state index in [9.17, 15) is 18.3 Å². The summed E-state index contributed by atoms with van der Waals surface area (Å²) in [5.41, 5.74) is 7.77. The van der Waals surface area contributed by atoms with Crippen LogP contribution in [0.4, 0.5) is 0 Å². The van der Waals surface area contributed by atoms with Crippen molar-refractivity contribution in [3.8, 4) is 11.1 Å². The van der Waals surface area contributed by atoms with E-state index in [0.717, 1.165) is 5.56 Å². The topological polar surface area (TPSA) is 194 Å². The molecule has 0 aliphatic rings. The largest absolute Gasteiger partial charge is 0.480 e. The summed E-state index contributed by atoms with van der Waals surface area (Å²) in [7, 11) is -4.07. The predicted octanol–water partition coefficient (Wildman–Crippen LogP) is -0.496. The van der Waals surface area contributed by atoms with E-state index in [-0.39, 0.29) is 22.8 Å². The van der Waals surface area contributed by atoms with Crippen LogP contribution in [0.5, 0.6) is 0 Å². The van der Waals surface area contributed by atoms with Gasteiger partial charge in [-0.1, -0.05) is 36.4 Å². The molecule has 0 saturated heterocycles. The van der Waals surface area contributed by atoms with Gasteiger partial charge in [0.15, 0.2) is 5.84 Å². The first-order valence-electron chi connectivity index (χ1n) is 8.49. The number of nitrogens with zero attached hydrogens (tertiary/aromatic N) is 1. The van der Waals surface area contributed by atoms with Crippen molar-refractivity contribution in [3.05, 3.63) is 53.6 Å². The summed E-state index contributed by atoms with van der Waals surface area (Å²) in [6, 6.07) is 10.3. The highest BCUT2D eigenvalue weighted by Gasteiger charge is 2.23. The van der Waals surface area contributed by atoms with Crippen LogP contribution in [0, 0.1) is 0 Å². The highest BCUT2D eigenvalue weighted by Crippen LogP contribution is 2.28. The molecule has 9 N–H and O–H groups in total. The number of nitrogens with two attached hydrogens (primary N) is 3. The molecular formula is C18H23N5O5S. The minimum atomic E-state index is -4.07. The van der Waals surface area contributed by atoms with Crippen LogP contribution >= 0.6 is 0 Å². The second kappa shape index (κ2) is 9.01. The molecule has 10 nitrogen and oxygen atoms in total. The van der Waals surface area contributed by atoms with Gasteiger partial charge in [0, 0.05) is 12.1 Å². The highest BCUT2D eigenvalue weighted by molar-refractivity contribution is 7.89. The van der Waals surface area contributed by atoms with Gasteiger partial charge in [0.05, 0.1) is 11.0 Å². The minimum absolute atomic E-state index is 0.100. The fraction of sp³-hybridized carbons (Fsp3) is 0.222. The highest BCUT2D eigenvalue weighted by atomic mass is 32.2. The Morgan fingerprint density at radius 2 is 1.83 bits per heavy atom. The molecule has 29 heavy (non-hydrogen) atoms. The zero-order valence-corrected chi connectivity index (χ0v) is 16.4. The molecule has 0 radical (unpaired) electrons. The summed E-state index contributed by atoms with van der Waals surface area (Å²) in [4.78, 5) is 10.9. The second-order valence-corrected chi connectivity index (χ2v) is 7.90. The predicted molar refractivity (Wildman–Crippen MR) is 108 cm³/mol. The van der Waals surface area contributed by atoms with Gasteiger partial charge in [0.25, 0.3) is 0 Å². The van der Waals surface area contributed by atoms with Gasteiger partial charge in [0.1, 0.15) is 6.04 Å². The summed E-state index contributed by atoms with van der Waals surface area (Å²) >= 11 is 0. The lowest BCUT2D eigenvalue weighted by molar-refractivity contribution is -0.142. The number of sulfonamides is 1. The molecular weight excluding hydrogens is 398 g/mol. The van der Waals surface area contributed by atoms with Crippen molar-refractivity contribution >= 4 is 21.8 Å². The van der Waals surface area contributed by atoms with Crippen LogP contribution in [0.15, 0.2) is 52.5 Å². The van der Waals surface area contributed by atoms with Crippen molar-refractivity contribution in [1.82, 2.24) is 5.32 Å². The Bertz CT molecular complexity index is 1020. The number of carbonyl (C=O) groups is 1. The summed E-state index contributed by atoms with van der Waals surface area (Å²) in [6.45, 7) is 1.59. The van der Waals surface area contributed by atoms with Gasteiger partial charge in [-0.15, -0.1) is 0 Å². The Balaban J connectivity index is 2.39. The van der Waals surface area contributed by atoms with E-state index in [1.54, 1.807) is 30.3 Å². The van der Waals surface area contributed by atoms with Crippen LogP contribution in [0.25, 0.3) is 11.1 Å². The van der Waals surface area contributed by atoms with Gasteiger partial charge in [-0.25, -0.2) is 13.6 Å². The molecule has 0 amide bonds. The molecule has 0 aromatic heterocycles. The molecule has 2 atom stereocenters. The summed E-state index contributed by atoms with van der Waals surface area (Å²) in [6.07, 6.45) is -1.06. The zero-order chi connectivity index (χ0) is 21.8. The Labute approximate surface area is 168 Å². The normalized spacial score (nSPS) is 14.4. The maximum absolute atomic E-state index is 11.9. The molecule has 2 rings (SSSR count). The Morgan fingerprint density at radius 3 is 2.31 bits per heavy atom. The molecule has 0 spiro atoms. The third-order valence-electron chi connectivity index (χ3n) is 4.27. The maximum atomic E-state index is 11.9. The molecule has 156 valence electrons. The van der Waals surface area contributed by atoms with Crippen molar-refractivity contribution in [3.63, 3.8) is 0 Å². The van der Waals surface area contributed by atoms with Gasteiger partial charge in [-0.05, 0) is 29.7 Å². The zero-order valence-electron chi connectivity index (χ0n) is 15.6. The Morgan fingerprint density at radius 1 is 1.21 bits per heavy atom. The van der Waals surface area contributed by atoms with Crippen molar-refractivity contribution in [2.45, 2.75) is 30.5 Å². The Kier molecular flexibility index (Phi) is 6.93. The lowest BCUT2D eigenvalue weighted by Crippen LogP contribution is -2.44. The van der Waals surface area contributed by atoms with Crippen LogP contribution in [-0.4, -0.2) is 42.6 Å². The van der Waals surface area contributed by atoms with Crippen LogP contribution in [0.1, 0.15) is 18.1 Å². The van der Waals surface area contributed by atoms with Crippen LogP contribution in [0.2, 0.25) is 0 Å². The number of hydrazone groups is 1. The number of carboxylic acid groups (broad SMARTS) is 1. The average molecular weight is 421 g/mol. The second-order valence-electron chi connectivity index (χ2n) is 6.37. The SMILES string of the molecule is C[C@@H](O)[C@H](NCc1ccc(-c2cccc(S(N)(=O)=O)c2/C(N)=N/N)cc1)C(=O)O. The lowest BCUT2D eigenvalue weighted by Gasteiger charge is -2.17. The fourth-order valence-electron chi connectivity index (χ4n) is 2.83. The van der Waals surface area contributed by atoms with Gasteiger partial charge in [-0.2, -0.15) is 5.10 Å². The van der Waals surface area contributed by atoms with Gasteiger partial charge < -0.3 is 21.8 Å². The summed E-state index contributed by atoms with van der Waals surface area (Å²) in [5, 5.41) is 30.1. The van der Waals surface area contributed by atoms with E-state index in [4.69, 9.17) is 21.8 Å². The number of aliphatic carboxylic acids is 1. The summed E-state index contributed by atoms with van der Waals surface area (Å²) < 4.78 is 23.8. The monoisotopic (exact) mass is 421 g/mol. The molecule has 11 heteroatoms. The molecule has 0 bridgehead atoms. The fourth-order valence-corrected chi connectivity index (χ4v) is 3.60. The van der Waals surface area contributed by atoms with E-state index in [1.807, 2.05) is 0 Å². The van der Waals surface area contributed by atoms with E-state index in [0.29, 0.717) is 11.1 Å². The van der Waals surface area contributed by atoms with Crippen LogP contribution in [-0.2, 0) is 21.4 Å². The van der Waals surface area contributed by atoms with Gasteiger partial charge in [-0.3, -0.25) is 10.1 Å². The number of amidine groups is 1. The number of benzene rings is 2. The first-order chi connectivity index (χ1) is 13.6. The van der Waals surface area contributed by atoms with Crippen molar-refractivity contribution in [2.75, 3.05) is 0 Å². The molecule has 2 aromatic carbocycles. The maximum Gasteiger partial charge on any atom is 0.323 e. The first-order valence-corrected chi connectivity index (χ1v) is 10.0. The molecule has 2 aromatic rings. The smallest absolute Gasteiger partial charge is 0.323 e. The van der Waals surface area contributed by atoms with E-state index in [1.165, 1.54) is 19.1 Å². The number of rotatable bonds is 8. The molecule has 0 saturated carbocycles. The van der Waals surface area contributed by atoms with E-state index in [2.05, 4.69) is 10.4 Å². The molecule has 0 heterocycles. The van der Waals surface area contributed by atoms with Crippen LogP contribution < -0.4 is 22.0 Å². The number of carboxylic acids is 1. The Hall–Kier alpha value is -2.99. The lowest BCUT2D eigenvalue weighted by atomic mass is 9.98. The molecule has 0 aliphatic heterocycles. The summed E-state index contributed by atoms with van der Waals surface area (Å²) in [5.74, 6) is 3.92. The quantitative estimate of drug-likeness (QED) is 0.142. The van der Waals surface area contributed by atoms with Gasteiger partial charge >= 0.3 is 5.97 Å². The third kappa shape index (κ3) is 5.29. The molecule has 0 aliphatic carbocycles. The molecule has 0 fully saturated rings. The number of hydrogen-bond donors (Lipinski definition) is 6. The van der Waals surface area contributed by atoms with Crippen molar-refractivity contribution in [1.29, 1.82) is 0 Å². The van der Waals surface area contributed by atoms with Gasteiger partial charge in [0.2, 0.25) is 10.0 Å². The third-order valence-corrected chi connectivity index (χ3v) is 5.22. The number of nitrogens with one attached hydrogen (secondary N) is 1. The average Bonchev–Trinajstić information content (AvgIpc) is 2.66. The van der Waals surface area contributed by atoms with Crippen molar-refractivity contribution in [2.24, 2.45) is 21.8 Å². The van der Waals surface area contributed by atoms with Crippen LogP contribution in [0.3, 0.4) is 0 Å². The van der Waals surface area contributed by atoms with Crippen molar-refractivity contribution < 1.29 is 23.4 Å². The number of aliphatic hydroxyl groups excluding tert-OH is 1. The number of aliphatic hydroxyl groups is 1. The molecule has 0 unspecified atom stereocenters. The van der Waals surface area contributed by atoms with E-state index < -0.39 is 28.1 Å². The standard InChI is InChI=1S/C18H23N5O5S/c1-10(24)16(18(25)26)22-9-11-5-7-12(8-6-11)13-3-2-4-14(29(21,27)28)15(13)17(19)23-20/h2-8,10,16,22,24H,9,20H2,1H3,(H2,19,23)(H,25,26)(H2,21,27,28)/t10-,16+/m1/s1. The number of primary sulfonamides is 1. The first kappa shape index (κ1) is 22.3.